The highest BCUT2D eigenvalue weighted by atomic mass is 32.1. The number of nitrogens with zero attached hydrogens (tertiary/aromatic N) is 1. The Kier molecular flexibility index (Phi) is 2.05. The zero-order valence-electron chi connectivity index (χ0n) is 6.40. The fraction of sp³-hybridized carbons (Fsp3) is 0. The van der Waals surface area contributed by atoms with Crippen molar-refractivity contribution in [3.63, 3.8) is 0 Å². The summed E-state index contributed by atoms with van der Waals surface area (Å²) in [4.78, 5) is 0. The predicted molar refractivity (Wildman–Crippen MR) is 51.8 cm³/mol. The molecule has 60 valence electrons. The third-order valence-corrected chi connectivity index (χ3v) is 2.22. The maximum Gasteiger partial charge on any atom is 0.0577 e. The lowest BCUT2D eigenvalue weighted by Gasteiger charge is -1.82. The monoisotopic (exact) mass is 176 g/mol. The molecule has 1 N–H and O–H groups in total. The third kappa shape index (κ3) is 1.62. The number of aromatic nitrogens is 2. The van der Waals surface area contributed by atoms with Gasteiger partial charge in [-0.1, -0.05) is 6.08 Å². The number of H-pyrrole nitrogens is 1. The van der Waals surface area contributed by atoms with Crippen LogP contribution >= 0.6 is 11.3 Å². The zero-order valence-corrected chi connectivity index (χ0v) is 7.21. The van der Waals surface area contributed by atoms with E-state index >= 15 is 0 Å². The summed E-state index contributed by atoms with van der Waals surface area (Å²) in [5.41, 5.74) is 2.26. The Morgan fingerprint density at radius 1 is 1.33 bits per heavy atom. The van der Waals surface area contributed by atoms with Crippen molar-refractivity contribution in [2.45, 2.75) is 0 Å². The van der Waals surface area contributed by atoms with Crippen LogP contribution in [0.2, 0.25) is 0 Å². The summed E-state index contributed by atoms with van der Waals surface area (Å²) in [5.74, 6) is 0. The first-order chi connectivity index (χ1) is 5.95. The summed E-state index contributed by atoms with van der Waals surface area (Å²) < 4.78 is 0. The molecule has 0 amide bonds. The van der Waals surface area contributed by atoms with Crippen molar-refractivity contribution >= 4 is 23.5 Å². The molecular formula is C9H8N2S. The van der Waals surface area contributed by atoms with Gasteiger partial charge in [-0.2, -0.15) is 16.4 Å². The van der Waals surface area contributed by atoms with Crippen molar-refractivity contribution in [3.8, 4) is 0 Å². The minimum absolute atomic E-state index is 1.03. The van der Waals surface area contributed by atoms with E-state index in [1.807, 2.05) is 12.1 Å². The van der Waals surface area contributed by atoms with E-state index in [1.54, 1.807) is 17.5 Å². The molecule has 2 aromatic heterocycles. The summed E-state index contributed by atoms with van der Waals surface area (Å²) in [6.45, 7) is 0. The van der Waals surface area contributed by atoms with Crippen LogP contribution in [-0.4, -0.2) is 10.2 Å². The smallest absolute Gasteiger partial charge is 0.0577 e. The van der Waals surface area contributed by atoms with E-state index in [0.717, 1.165) is 5.69 Å². The van der Waals surface area contributed by atoms with Gasteiger partial charge in [-0.15, -0.1) is 0 Å². The SMILES string of the molecule is C(=Cc1ccn[nH]1)c1ccsc1. The lowest BCUT2D eigenvalue weighted by atomic mass is 10.3. The summed E-state index contributed by atoms with van der Waals surface area (Å²) in [5, 5.41) is 10.9. The molecule has 3 heteroatoms. The lowest BCUT2D eigenvalue weighted by Crippen LogP contribution is -1.69. The Morgan fingerprint density at radius 3 is 3.00 bits per heavy atom. The van der Waals surface area contributed by atoms with Gasteiger partial charge >= 0.3 is 0 Å². The normalized spacial score (nSPS) is 11.0. The molecular weight excluding hydrogens is 168 g/mol. The van der Waals surface area contributed by atoms with E-state index in [-0.39, 0.29) is 0 Å². The van der Waals surface area contributed by atoms with Crippen LogP contribution in [0.4, 0.5) is 0 Å². The molecule has 2 nitrogen and oxygen atoms in total. The molecule has 0 atom stereocenters. The average Bonchev–Trinajstić information content (AvgIpc) is 2.74. The van der Waals surface area contributed by atoms with E-state index in [2.05, 4.69) is 33.1 Å². The highest BCUT2D eigenvalue weighted by molar-refractivity contribution is 7.08. The molecule has 0 radical (unpaired) electrons. The highest BCUT2D eigenvalue weighted by Crippen LogP contribution is 2.09. The Bertz CT molecular complexity index is 310. The fourth-order valence-corrected chi connectivity index (χ4v) is 1.54. The van der Waals surface area contributed by atoms with E-state index < -0.39 is 0 Å². The molecule has 0 spiro atoms. The lowest BCUT2D eigenvalue weighted by molar-refractivity contribution is 1.08. The van der Waals surface area contributed by atoms with Crippen LogP contribution in [0, 0.1) is 0 Å². The summed E-state index contributed by atoms with van der Waals surface area (Å²) in [6.07, 6.45) is 5.81. The van der Waals surface area contributed by atoms with Gasteiger partial charge in [0.25, 0.3) is 0 Å². The maximum atomic E-state index is 3.85. The van der Waals surface area contributed by atoms with Gasteiger partial charge in [-0.05, 0) is 34.5 Å². The fourth-order valence-electron chi connectivity index (χ4n) is 0.915. The first-order valence-corrected chi connectivity index (χ1v) is 4.59. The van der Waals surface area contributed by atoms with Crippen LogP contribution in [0.5, 0.6) is 0 Å². The van der Waals surface area contributed by atoms with E-state index in [0.29, 0.717) is 0 Å². The second-order valence-corrected chi connectivity index (χ2v) is 3.18. The second kappa shape index (κ2) is 3.36. The molecule has 0 bridgehead atoms. The summed E-state index contributed by atoms with van der Waals surface area (Å²) >= 11 is 1.70. The number of thiophene rings is 1. The minimum atomic E-state index is 1.03. The Hall–Kier alpha value is -1.35. The number of nitrogens with one attached hydrogen (secondary N) is 1. The molecule has 2 aromatic rings. The Morgan fingerprint density at radius 2 is 2.33 bits per heavy atom. The van der Waals surface area contributed by atoms with Gasteiger partial charge in [0.2, 0.25) is 0 Å². The van der Waals surface area contributed by atoms with Crippen LogP contribution in [-0.2, 0) is 0 Å². The van der Waals surface area contributed by atoms with Gasteiger partial charge in [0, 0.05) is 6.20 Å². The largest absolute Gasteiger partial charge is 0.278 e. The van der Waals surface area contributed by atoms with Crippen molar-refractivity contribution in [2.75, 3.05) is 0 Å². The van der Waals surface area contributed by atoms with Crippen molar-refractivity contribution in [1.29, 1.82) is 0 Å². The molecule has 12 heavy (non-hydrogen) atoms. The summed E-state index contributed by atoms with van der Waals surface area (Å²) in [6, 6.07) is 4.01. The standard InChI is InChI=1S/C9H8N2S/c1(8-4-6-12-7-8)2-9-3-5-10-11-9/h1-7H,(H,10,11). The summed E-state index contributed by atoms with van der Waals surface area (Å²) in [7, 11) is 0. The highest BCUT2D eigenvalue weighted by Gasteiger charge is 1.87. The maximum absolute atomic E-state index is 3.85. The number of rotatable bonds is 2. The average molecular weight is 176 g/mol. The van der Waals surface area contributed by atoms with Gasteiger partial charge < -0.3 is 0 Å². The van der Waals surface area contributed by atoms with Crippen LogP contribution in [0.25, 0.3) is 12.2 Å². The molecule has 0 aliphatic heterocycles. The van der Waals surface area contributed by atoms with E-state index in [9.17, 15) is 0 Å². The molecule has 2 rings (SSSR count). The number of aromatic amines is 1. The van der Waals surface area contributed by atoms with Crippen molar-refractivity contribution in [3.05, 3.63) is 40.3 Å². The molecule has 0 fully saturated rings. The van der Waals surface area contributed by atoms with E-state index in [4.69, 9.17) is 0 Å². The minimum Gasteiger partial charge on any atom is -0.278 e. The van der Waals surface area contributed by atoms with Gasteiger partial charge in [-0.3, -0.25) is 5.10 Å². The van der Waals surface area contributed by atoms with Crippen molar-refractivity contribution in [1.82, 2.24) is 10.2 Å². The topological polar surface area (TPSA) is 28.7 Å². The van der Waals surface area contributed by atoms with Crippen LogP contribution < -0.4 is 0 Å². The molecule has 0 aliphatic rings. The molecule has 0 saturated heterocycles. The third-order valence-electron chi connectivity index (χ3n) is 1.52. The Labute approximate surface area is 74.6 Å². The first kappa shape index (κ1) is 7.31. The van der Waals surface area contributed by atoms with Crippen molar-refractivity contribution < 1.29 is 0 Å². The molecule has 2 heterocycles. The quantitative estimate of drug-likeness (QED) is 0.748. The van der Waals surface area contributed by atoms with Gasteiger partial charge in [0.05, 0.1) is 5.69 Å². The zero-order chi connectivity index (χ0) is 8.23. The van der Waals surface area contributed by atoms with Crippen molar-refractivity contribution in [2.24, 2.45) is 0 Å². The van der Waals surface area contributed by atoms with Gasteiger partial charge in [-0.25, -0.2) is 0 Å². The molecule has 0 saturated carbocycles. The van der Waals surface area contributed by atoms with Crippen LogP contribution in [0.15, 0.2) is 29.1 Å². The van der Waals surface area contributed by atoms with Crippen LogP contribution in [0.3, 0.4) is 0 Å². The number of hydrogen-bond donors (Lipinski definition) is 1. The molecule has 0 aliphatic carbocycles. The Balaban J connectivity index is 2.14. The molecule has 0 aromatic carbocycles. The van der Waals surface area contributed by atoms with E-state index in [1.165, 1.54) is 5.56 Å². The van der Waals surface area contributed by atoms with Gasteiger partial charge in [0.1, 0.15) is 0 Å². The second-order valence-electron chi connectivity index (χ2n) is 2.40. The first-order valence-electron chi connectivity index (χ1n) is 3.65. The number of hydrogen-bond acceptors (Lipinski definition) is 2. The van der Waals surface area contributed by atoms with Crippen LogP contribution in [0.1, 0.15) is 11.3 Å². The predicted octanol–water partition coefficient (Wildman–Crippen LogP) is 2.64. The molecule has 0 unspecified atom stereocenters. The van der Waals surface area contributed by atoms with Gasteiger partial charge in [0.15, 0.2) is 0 Å².